The molecule has 0 unspecified atom stereocenters. The highest BCUT2D eigenvalue weighted by atomic mass is 79.9. The molecule has 5 heteroatoms. The highest BCUT2D eigenvalue weighted by Crippen LogP contribution is 2.33. The summed E-state index contributed by atoms with van der Waals surface area (Å²) in [5.41, 5.74) is 1.69. The lowest BCUT2D eigenvalue weighted by atomic mass is 9.95. The second-order valence-corrected chi connectivity index (χ2v) is 5.85. The van der Waals surface area contributed by atoms with Gasteiger partial charge in [-0.15, -0.1) is 0 Å². The van der Waals surface area contributed by atoms with Gasteiger partial charge in [0.05, 0.1) is 11.8 Å². The van der Waals surface area contributed by atoms with Crippen molar-refractivity contribution < 1.29 is 14.7 Å². The van der Waals surface area contributed by atoms with Crippen molar-refractivity contribution in [1.82, 2.24) is 0 Å². The molecule has 0 aliphatic heterocycles. The molecular formula is C14H16BrNO3. The van der Waals surface area contributed by atoms with Crippen molar-refractivity contribution in [2.75, 3.05) is 5.32 Å². The number of carboxylic acid groups (broad SMARTS) is 1. The molecule has 1 fully saturated rings. The van der Waals surface area contributed by atoms with E-state index in [2.05, 4.69) is 21.2 Å². The summed E-state index contributed by atoms with van der Waals surface area (Å²) in [6.07, 6.45) is 2.03. The molecule has 19 heavy (non-hydrogen) atoms. The van der Waals surface area contributed by atoms with Gasteiger partial charge in [-0.25, -0.2) is 0 Å². The smallest absolute Gasteiger partial charge is 0.307 e. The average molecular weight is 326 g/mol. The predicted molar refractivity (Wildman–Crippen MR) is 76.0 cm³/mol. The van der Waals surface area contributed by atoms with Crippen molar-refractivity contribution in [2.24, 2.45) is 11.8 Å². The Balaban J connectivity index is 2.12. The number of halogens is 1. The third-order valence-corrected chi connectivity index (χ3v) is 4.12. The fourth-order valence-corrected chi connectivity index (χ4v) is 2.88. The van der Waals surface area contributed by atoms with Gasteiger partial charge in [0.15, 0.2) is 0 Å². The largest absolute Gasteiger partial charge is 0.481 e. The van der Waals surface area contributed by atoms with Gasteiger partial charge in [0.25, 0.3) is 0 Å². The Hall–Kier alpha value is -1.36. The number of aryl methyl sites for hydroxylation is 1. The van der Waals surface area contributed by atoms with E-state index < -0.39 is 17.8 Å². The Kier molecular flexibility index (Phi) is 4.24. The van der Waals surface area contributed by atoms with Crippen molar-refractivity contribution in [3.8, 4) is 0 Å². The van der Waals surface area contributed by atoms with Gasteiger partial charge in [-0.1, -0.05) is 28.4 Å². The predicted octanol–water partition coefficient (Wildman–Crippen LogP) is 3.20. The number of anilines is 1. The van der Waals surface area contributed by atoms with Crippen molar-refractivity contribution >= 4 is 33.5 Å². The number of benzene rings is 1. The van der Waals surface area contributed by atoms with Crippen LogP contribution in [0.25, 0.3) is 0 Å². The third-order valence-electron chi connectivity index (χ3n) is 3.63. The van der Waals surface area contributed by atoms with Crippen molar-refractivity contribution in [2.45, 2.75) is 26.2 Å². The van der Waals surface area contributed by atoms with E-state index in [1.807, 2.05) is 25.1 Å². The van der Waals surface area contributed by atoms with Crippen LogP contribution in [-0.2, 0) is 9.59 Å². The molecule has 1 aromatic rings. The molecule has 0 spiro atoms. The number of carbonyl (C=O) groups excluding carboxylic acids is 1. The van der Waals surface area contributed by atoms with E-state index in [9.17, 15) is 9.59 Å². The van der Waals surface area contributed by atoms with Crippen LogP contribution >= 0.6 is 15.9 Å². The summed E-state index contributed by atoms with van der Waals surface area (Å²) < 4.78 is 0.884. The van der Waals surface area contributed by atoms with Crippen LogP contribution in [0.1, 0.15) is 24.8 Å². The number of nitrogens with one attached hydrogen (secondary N) is 1. The van der Waals surface area contributed by atoms with Crippen molar-refractivity contribution in [3.05, 3.63) is 28.2 Å². The molecule has 2 N–H and O–H groups in total. The monoisotopic (exact) mass is 325 g/mol. The van der Waals surface area contributed by atoms with E-state index in [0.717, 1.165) is 22.1 Å². The number of hydrogen-bond acceptors (Lipinski definition) is 2. The zero-order chi connectivity index (χ0) is 14.0. The minimum atomic E-state index is -0.872. The fourth-order valence-electron chi connectivity index (χ4n) is 2.52. The van der Waals surface area contributed by atoms with Crippen LogP contribution in [0.5, 0.6) is 0 Å². The topological polar surface area (TPSA) is 66.4 Å². The number of aliphatic carboxylic acids is 1. The second kappa shape index (κ2) is 5.74. The first kappa shape index (κ1) is 14.1. The summed E-state index contributed by atoms with van der Waals surface area (Å²) in [5, 5.41) is 12.0. The van der Waals surface area contributed by atoms with Crippen molar-refractivity contribution in [3.63, 3.8) is 0 Å². The van der Waals surface area contributed by atoms with E-state index in [-0.39, 0.29) is 5.91 Å². The van der Waals surface area contributed by atoms with Gasteiger partial charge >= 0.3 is 5.97 Å². The standard InChI is InChI=1S/C14H16BrNO3/c1-8-5-6-9(15)7-12(8)16-13(17)10-3-2-4-11(10)14(18)19/h5-7,10-11H,2-4H2,1H3,(H,16,17)(H,18,19)/t10-,11+/m1/s1. The lowest BCUT2D eigenvalue weighted by Crippen LogP contribution is -2.30. The minimum absolute atomic E-state index is 0.189. The highest BCUT2D eigenvalue weighted by molar-refractivity contribution is 9.10. The number of hydrogen-bond donors (Lipinski definition) is 2. The number of amides is 1. The molecule has 0 heterocycles. The molecule has 0 bridgehead atoms. The zero-order valence-corrected chi connectivity index (χ0v) is 12.2. The van der Waals surface area contributed by atoms with Crippen molar-refractivity contribution in [1.29, 1.82) is 0 Å². The molecule has 0 radical (unpaired) electrons. The molecule has 102 valence electrons. The van der Waals surface area contributed by atoms with Crippen LogP contribution in [0, 0.1) is 18.8 Å². The lowest BCUT2D eigenvalue weighted by Gasteiger charge is -2.16. The van der Waals surface area contributed by atoms with Gasteiger partial charge in [-0.2, -0.15) is 0 Å². The van der Waals surface area contributed by atoms with Crippen LogP contribution in [0.15, 0.2) is 22.7 Å². The minimum Gasteiger partial charge on any atom is -0.481 e. The van der Waals surface area contributed by atoms with Gasteiger partial charge in [0.2, 0.25) is 5.91 Å². The summed E-state index contributed by atoms with van der Waals surface area (Å²) >= 11 is 3.36. The number of carbonyl (C=O) groups is 2. The average Bonchev–Trinajstić information content (AvgIpc) is 2.83. The fraction of sp³-hybridized carbons (Fsp3) is 0.429. The van der Waals surface area contributed by atoms with E-state index in [0.29, 0.717) is 12.8 Å². The van der Waals surface area contributed by atoms with Crippen LogP contribution in [-0.4, -0.2) is 17.0 Å². The molecule has 1 amide bonds. The molecular weight excluding hydrogens is 310 g/mol. The number of carboxylic acids is 1. The van der Waals surface area contributed by atoms with Gasteiger partial charge < -0.3 is 10.4 Å². The summed E-state index contributed by atoms with van der Waals surface area (Å²) in [4.78, 5) is 23.3. The molecule has 0 aromatic heterocycles. The SMILES string of the molecule is Cc1ccc(Br)cc1NC(=O)[C@@H]1CCC[C@@H]1C(=O)O. The molecule has 1 aliphatic carbocycles. The maximum atomic E-state index is 12.2. The van der Waals surface area contributed by atoms with E-state index in [1.165, 1.54) is 0 Å². The first-order valence-electron chi connectivity index (χ1n) is 6.29. The van der Waals surface area contributed by atoms with Gasteiger partial charge in [0, 0.05) is 10.2 Å². The summed E-state index contributed by atoms with van der Waals surface area (Å²) in [6.45, 7) is 1.91. The van der Waals surface area contributed by atoms with Crippen LogP contribution in [0.2, 0.25) is 0 Å². The zero-order valence-electron chi connectivity index (χ0n) is 10.6. The van der Waals surface area contributed by atoms with Crippen LogP contribution in [0.4, 0.5) is 5.69 Å². The first-order valence-corrected chi connectivity index (χ1v) is 7.08. The third kappa shape index (κ3) is 3.15. The molecule has 1 aromatic carbocycles. The maximum absolute atomic E-state index is 12.2. The molecule has 2 atom stereocenters. The second-order valence-electron chi connectivity index (χ2n) is 4.93. The number of rotatable bonds is 3. The van der Waals surface area contributed by atoms with Crippen LogP contribution < -0.4 is 5.32 Å². The highest BCUT2D eigenvalue weighted by Gasteiger charge is 2.37. The lowest BCUT2D eigenvalue weighted by molar-refractivity contribution is -0.145. The van der Waals surface area contributed by atoms with Gasteiger partial charge in [-0.05, 0) is 37.5 Å². The van der Waals surface area contributed by atoms with E-state index in [4.69, 9.17) is 5.11 Å². The molecule has 1 saturated carbocycles. The molecule has 4 nitrogen and oxygen atoms in total. The maximum Gasteiger partial charge on any atom is 0.307 e. The Morgan fingerprint density at radius 2 is 2.00 bits per heavy atom. The first-order chi connectivity index (χ1) is 8.99. The van der Waals surface area contributed by atoms with Gasteiger partial charge in [0.1, 0.15) is 0 Å². The summed E-state index contributed by atoms with van der Waals surface area (Å²) in [5.74, 6) is -2.03. The molecule has 2 rings (SSSR count). The molecule has 1 aliphatic rings. The Labute approximate surface area is 120 Å². The van der Waals surface area contributed by atoms with E-state index >= 15 is 0 Å². The normalized spacial score (nSPS) is 22.2. The van der Waals surface area contributed by atoms with E-state index in [1.54, 1.807) is 0 Å². The van der Waals surface area contributed by atoms with Crippen LogP contribution in [0.3, 0.4) is 0 Å². The van der Waals surface area contributed by atoms with Gasteiger partial charge in [-0.3, -0.25) is 9.59 Å². The summed E-state index contributed by atoms with van der Waals surface area (Å²) in [6, 6.07) is 5.64. The Morgan fingerprint density at radius 3 is 2.68 bits per heavy atom. The molecule has 0 saturated heterocycles. The summed E-state index contributed by atoms with van der Waals surface area (Å²) in [7, 11) is 0. The Morgan fingerprint density at radius 1 is 1.32 bits per heavy atom. The quantitative estimate of drug-likeness (QED) is 0.896. The Bertz CT molecular complexity index is 515.